The Labute approximate surface area is 144 Å². The Hall–Kier alpha value is -1.66. The normalized spacial score (nSPS) is 25.0. The van der Waals surface area contributed by atoms with Gasteiger partial charge in [-0.05, 0) is 37.4 Å². The third-order valence-corrected chi connectivity index (χ3v) is 5.29. The van der Waals surface area contributed by atoms with E-state index in [1.807, 2.05) is 6.20 Å². The Morgan fingerprint density at radius 2 is 2.08 bits per heavy atom. The average Bonchev–Trinajstić information content (AvgIpc) is 2.99. The van der Waals surface area contributed by atoms with Crippen LogP contribution in [0.15, 0.2) is 18.3 Å². The molecule has 1 amide bonds. The molecule has 132 valence electrons. The molecule has 2 heterocycles. The summed E-state index contributed by atoms with van der Waals surface area (Å²) >= 11 is 0. The molecule has 0 aromatic carbocycles. The number of anilines is 1. The monoisotopic (exact) mass is 331 g/mol. The van der Waals surface area contributed by atoms with Crippen LogP contribution < -0.4 is 16.0 Å². The van der Waals surface area contributed by atoms with Crippen molar-refractivity contribution in [2.24, 2.45) is 11.7 Å². The number of carbonyl (C=O) groups excluding carboxylic acids is 1. The summed E-state index contributed by atoms with van der Waals surface area (Å²) in [5.41, 5.74) is 7.07. The van der Waals surface area contributed by atoms with Crippen LogP contribution in [0.2, 0.25) is 0 Å². The molecule has 1 aromatic rings. The molecule has 6 heteroatoms. The van der Waals surface area contributed by atoms with Crippen LogP contribution in [-0.2, 0) is 11.3 Å². The van der Waals surface area contributed by atoms with Gasteiger partial charge in [0, 0.05) is 51.4 Å². The molecule has 1 aliphatic carbocycles. The van der Waals surface area contributed by atoms with Gasteiger partial charge in [-0.15, -0.1) is 0 Å². The first-order chi connectivity index (χ1) is 11.6. The smallest absolute Gasteiger partial charge is 0.220 e. The minimum atomic E-state index is 0.0977. The fraction of sp³-hybridized carbons (Fsp3) is 0.667. The van der Waals surface area contributed by atoms with Crippen molar-refractivity contribution in [2.45, 2.75) is 38.3 Å². The quantitative estimate of drug-likeness (QED) is 0.841. The number of pyridine rings is 1. The van der Waals surface area contributed by atoms with Gasteiger partial charge >= 0.3 is 0 Å². The second-order valence-corrected chi connectivity index (χ2v) is 7.15. The third kappa shape index (κ3) is 4.45. The van der Waals surface area contributed by atoms with Crippen molar-refractivity contribution in [3.63, 3.8) is 0 Å². The van der Waals surface area contributed by atoms with Gasteiger partial charge in [0.05, 0.1) is 0 Å². The summed E-state index contributed by atoms with van der Waals surface area (Å²) in [4.78, 5) is 21.3. The number of likely N-dealkylation sites (N-methyl/N-ethyl adjacent to an activating group) is 1. The van der Waals surface area contributed by atoms with Crippen molar-refractivity contribution in [3.8, 4) is 0 Å². The van der Waals surface area contributed by atoms with E-state index in [0.717, 1.165) is 56.8 Å². The highest BCUT2D eigenvalue weighted by atomic mass is 16.1. The maximum atomic E-state index is 12.1. The van der Waals surface area contributed by atoms with Crippen molar-refractivity contribution < 1.29 is 4.79 Å². The number of rotatable bonds is 5. The molecular weight excluding hydrogens is 302 g/mol. The van der Waals surface area contributed by atoms with Crippen LogP contribution in [0.1, 0.15) is 31.2 Å². The van der Waals surface area contributed by atoms with E-state index < -0.39 is 0 Å². The first kappa shape index (κ1) is 17.2. The van der Waals surface area contributed by atoms with Gasteiger partial charge in [-0.1, -0.05) is 12.5 Å². The van der Waals surface area contributed by atoms with Gasteiger partial charge in [-0.2, -0.15) is 0 Å². The molecule has 0 spiro atoms. The summed E-state index contributed by atoms with van der Waals surface area (Å²) in [7, 11) is 2.15. The molecule has 1 aliphatic heterocycles. The third-order valence-electron chi connectivity index (χ3n) is 5.29. The Morgan fingerprint density at radius 3 is 2.71 bits per heavy atom. The van der Waals surface area contributed by atoms with E-state index in [0.29, 0.717) is 18.9 Å². The van der Waals surface area contributed by atoms with Crippen LogP contribution in [0, 0.1) is 5.92 Å². The van der Waals surface area contributed by atoms with Gasteiger partial charge in [0.1, 0.15) is 5.82 Å². The SMILES string of the molecule is CN1CCN(c2ccc(CNC(=O)C[C@@H]3CCC[C@H]3N)cn2)CC1. The largest absolute Gasteiger partial charge is 0.354 e. The zero-order valence-electron chi connectivity index (χ0n) is 14.6. The second-order valence-electron chi connectivity index (χ2n) is 7.15. The first-order valence-corrected chi connectivity index (χ1v) is 9.02. The van der Waals surface area contributed by atoms with E-state index in [1.165, 1.54) is 0 Å². The minimum Gasteiger partial charge on any atom is -0.354 e. The maximum Gasteiger partial charge on any atom is 0.220 e. The van der Waals surface area contributed by atoms with Gasteiger partial charge in [0.2, 0.25) is 5.91 Å². The van der Waals surface area contributed by atoms with E-state index >= 15 is 0 Å². The molecule has 0 unspecified atom stereocenters. The fourth-order valence-electron chi connectivity index (χ4n) is 3.57. The number of hydrogen-bond acceptors (Lipinski definition) is 5. The topological polar surface area (TPSA) is 74.5 Å². The molecule has 2 aliphatic rings. The Kier molecular flexibility index (Phi) is 5.68. The van der Waals surface area contributed by atoms with E-state index in [9.17, 15) is 4.79 Å². The highest BCUT2D eigenvalue weighted by Gasteiger charge is 2.25. The second kappa shape index (κ2) is 7.94. The molecule has 1 aromatic heterocycles. The summed E-state index contributed by atoms with van der Waals surface area (Å²) in [5, 5.41) is 3.00. The van der Waals surface area contributed by atoms with Crippen LogP contribution in [-0.4, -0.2) is 55.1 Å². The molecule has 6 nitrogen and oxygen atoms in total. The van der Waals surface area contributed by atoms with Gasteiger partial charge in [0.25, 0.3) is 0 Å². The molecule has 3 rings (SSSR count). The molecule has 0 bridgehead atoms. The fourth-order valence-corrected chi connectivity index (χ4v) is 3.57. The van der Waals surface area contributed by atoms with Crippen LogP contribution >= 0.6 is 0 Å². The van der Waals surface area contributed by atoms with Crippen LogP contribution in [0.5, 0.6) is 0 Å². The lowest BCUT2D eigenvalue weighted by atomic mass is 10.00. The number of amides is 1. The lowest BCUT2D eigenvalue weighted by Gasteiger charge is -2.33. The summed E-state index contributed by atoms with van der Waals surface area (Å²) in [6, 6.07) is 4.31. The van der Waals surface area contributed by atoms with Crippen molar-refractivity contribution in [1.29, 1.82) is 0 Å². The first-order valence-electron chi connectivity index (χ1n) is 9.02. The molecule has 24 heavy (non-hydrogen) atoms. The summed E-state index contributed by atoms with van der Waals surface area (Å²) < 4.78 is 0. The molecule has 0 radical (unpaired) electrons. The molecule has 1 saturated carbocycles. The Balaban J connectivity index is 1.45. The van der Waals surface area contributed by atoms with Gasteiger partial charge in [0.15, 0.2) is 0 Å². The average molecular weight is 331 g/mol. The molecule has 2 fully saturated rings. The van der Waals surface area contributed by atoms with Crippen molar-refractivity contribution in [2.75, 3.05) is 38.1 Å². The maximum absolute atomic E-state index is 12.1. The van der Waals surface area contributed by atoms with E-state index in [4.69, 9.17) is 5.73 Å². The molecule has 3 N–H and O–H groups in total. The van der Waals surface area contributed by atoms with E-state index in [-0.39, 0.29) is 11.9 Å². The highest BCUT2D eigenvalue weighted by Crippen LogP contribution is 2.26. The Morgan fingerprint density at radius 1 is 1.29 bits per heavy atom. The zero-order chi connectivity index (χ0) is 16.9. The number of aromatic nitrogens is 1. The number of hydrogen-bond donors (Lipinski definition) is 2. The lowest BCUT2D eigenvalue weighted by molar-refractivity contribution is -0.122. The number of nitrogens with two attached hydrogens (primary N) is 1. The summed E-state index contributed by atoms with van der Waals surface area (Å²) in [5.74, 6) is 1.47. The molecule has 2 atom stereocenters. The Bertz CT molecular complexity index is 539. The summed E-state index contributed by atoms with van der Waals surface area (Å²) in [6.45, 7) is 4.71. The summed E-state index contributed by atoms with van der Waals surface area (Å²) in [6.07, 6.45) is 5.70. The number of nitrogens with one attached hydrogen (secondary N) is 1. The highest BCUT2D eigenvalue weighted by molar-refractivity contribution is 5.76. The lowest BCUT2D eigenvalue weighted by Crippen LogP contribution is -2.44. The molecule has 1 saturated heterocycles. The predicted molar refractivity (Wildman–Crippen MR) is 95.7 cm³/mol. The van der Waals surface area contributed by atoms with E-state index in [1.54, 1.807) is 0 Å². The van der Waals surface area contributed by atoms with Gasteiger partial charge in [-0.25, -0.2) is 4.98 Å². The van der Waals surface area contributed by atoms with Crippen molar-refractivity contribution in [1.82, 2.24) is 15.2 Å². The van der Waals surface area contributed by atoms with Crippen molar-refractivity contribution in [3.05, 3.63) is 23.9 Å². The standard InChI is InChI=1S/C18H29N5O/c1-22-7-9-23(10-8-22)17-6-5-14(12-20-17)13-21-18(24)11-15-3-2-4-16(15)19/h5-6,12,15-16H,2-4,7-11,13,19H2,1H3,(H,21,24)/t15-,16+/m0/s1. The van der Waals surface area contributed by atoms with Crippen LogP contribution in [0.4, 0.5) is 5.82 Å². The van der Waals surface area contributed by atoms with Crippen molar-refractivity contribution >= 4 is 11.7 Å². The van der Waals surface area contributed by atoms with Gasteiger partial charge in [-0.3, -0.25) is 4.79 Å². The van der Waals surface area contributed by atoms with Crippen LogP contribution in [0.3, 0.4) is 0 Å². The molecular formula is C18H29N5O. The van der Waals surface area contributed by atoms with E-state index in [2.05, 4.69) is 39.3 Å². The predicted octanol–water partition coefficient (Wildman–Crippen LogP) is 0.967. The number of nitrogens with zero attached hydrogens (tertiary/aromatic N) is 3. The van der Waals surface area contributed by atoms with Gasteiger partial charge < -0.3 is 20.9 Å². The number of carbonyl (C=O) groups is 1. The zero-order valence-corrected chi connectivity index (χ0v) is 14.6. The number of piperazine rings is 1. The van der Waals surface area contributed by atoms with Crippen LogP contribution in [0.25, 0.3) is 0 Å². The minimum absolute atomic E-state index is 0.0977.